The summed E-state index contributed by atoms with van der Waals surface area (Å²) in [5.41, 5.74) is 3.53. The standard InChI is InChI=1S/C27H29NO3/c1-4-10-21(11-5-1)18-29-25-17-28-16-24(28)26(30-19-22-12-6-2-7-13-22)27(25)31-20-23-14-8-3-9-15-23/h1-15,24-27H,16-20H2/t24?,25?,26-,27?,28?/m0/s1. The van der Waals surface area contributed by atoms with E-state index in [2.05, 4.69) is 77.7 Å². The maximum Gasteiger partial charge on any atom is 0.113 e. The zero-order valence-corrected chi connectivity index (χ0v) is 17.7. The summed E-state index contributed by atoms with van der Waals surface area (Å²) < 4.78 is 19.4. The lowest BCUT2D eigenvalue weighted by Crippen LogP contribution is -2.53. The summed E-state index contributed by atoms with van der Waals surface area (Å²) in [6, 6.07) is 31.5. The molecule has 0 spiro atoms. The molecule has 4 nitrogen and oxygen atoms in total. The molecule has 0 aliphatic carbocycles. The van der Waals surface area contributed by atoms with Gasteiger partial charge < -0.3 is 14.2 Å². The normalized spacial score (nSPS) is 26.9. The van der Waals surface area contributed by atoms with Gasteiger partial charge in [-0.05, 0) is 16.7 Å². The van der Waals surface area contributed by atoms with Gasteiger partial charge in [-0.1, -0.05) is 91.0 Å². The van der Waals surface area contributed by atoms with Crippen LogP contribution >= 0.6 is 0 Å². The highest BCUT2D eigenvalue weighted by Gasteiger charge is 2.53. The number of rotatable bonds is 9. The van der Waals surface area contributed by atoms with Crippen molar-refractivity contribution in [2.45, 2.75) is 44.2 Å². The lowest BCUT2D eigenvalue weighted by atomic mass is 10.0. The van der Waals surface area contributed by atoms with Crippen molar-refractivity contribution in [1.82, 2.24) is 4.90 Å². The van der Waals surface area contributed by atoms with E-state index >= 15 is 0 Å². The highest BCUT2D eigenvalue weighted by Crippen LogP contribution is 2.35. The minimum Gasteiger partial charge on any atom is -0.369 e. The Balaban J connectivity index is 1.30. The Bertz CT molecular complexity index is 934. The van der Waals surface area contributed by atoms with Crippen LogP contribution in [0.1, 0.15) is 16.7 Å². The van der Waals surface area contributed by atoms with Crippen molar-refractivity contribution in [3.63, 3.8) is 0 Å². The maximum absolute atomic E-state index is 6.49. The molecular weight excluding hydrogens is 386 g/mol. The van der Waals surface area contributed by atoms with E-state index in [9.17, 15) is 0 Å². The van der Waals surface area contributed by atoms with Crippen molar-refractivity contribution in [2.75, 3.05) is 13.1 Å². The first-order valence-electron chi connectivity index (χ1n) is 11.1. The molecule has 4 unspecified atom stereocenters. The second kappa shape index (κ2) is 9.75. The van der Waals surface area contributed by atoms with Crippen LogP contribution in [0.25, 0.3) is 0 Å². The molecule has 5 atom stereocenters. The van der Waals surface area contributed by atoms with Crippen LogP contribution in [0.15, 0.2) is 91.0 Å². The van der Waals surface area contributed by atoms with Crippen molar-refractivity contribution in [1.29, 1.82) is 0 Å². The van der Waals surface area contributed by atoms with Crippen LogP contribution in [0.3, 0.4) is 0 Å². The summed E-state index contributed by atoms with van der Waals surface area (Å²) in [5, 5.41) is 0. The van der Waals surface area contributed by atoms with E-state index in [0.29, 0.717) is 25.9 Å². The summed E-state index contributed by atoms with van der Waals surface area (Å²) in [6.45, 7) is 3.68. The van der Waals surface area contributed by atoms with Crippen molar-refractivity contribution in [2.24, 2.45) is 0 Å². The molecule has 3 aromatic rings. The van der Waals surface area contributed by atoms with Crippen LogP contribution in [0.4, 0.5) is 0 Å². The Morgan fingerprint density at radius 1 is 0.548 bits per heavy atom. The molecule has 0 radical (unpaired) electrons. The van der Waals surface area contributed by atoms with E-state index in [-0.39, 0.29) is 18.3 Å². The topological polar surface area (TPSA) is 30.7 Å². The van der Waals surface area contributed by atoms with Gasteiger partial charge in [0, 0.05) is 13.1 Å². The highest BCUT2D eigenvalue weighted by molar-refractivity contribution is 5.16. The highest BCUT2D eigenvalue weighted by atomic mass is 16.6. The van der Waals surface area contributed by atoms with Crippen molar-refractivity contribution in [3.8, 4) is 0 Å². The van der Waals surface area contributed by atoms with Crippen LogP contribution < -0.4 is 0 Å². The lowest BCUT2D eigenvalue weighted by molar-refractivity contribution is -0.170. The summed E-state index contributed by atoms with van der Waals surface area (Å²) in [4.78, 5) is 2.44. The quantitative estimate of drug-likeness (QED) is 0.484. The second-order valence-corrected chi connectivity index (χ2v) is 8.38. The van der Waals surface area contributed by atoms with Crippen LogP contribution in [0, 0.1) is 0 Å². The number of nitrogens with zero attached hydrogens (tertiary/aromatic N) is 1. The number of piperidine rings is 1. The van der Waals surface area contributed by atoms with Crippen molar-refractivity contribution < 1.29 is 14.2 Å². The average molecular weight is 416 g/mol. The zero-order valence-electron chi connectivity index (χ0n) is 17.7. The molecule has 0 amide bonds. The second-order valence-electron chi connectivity index (χ2n) is 8.38. The Morgan fingerprint density at radius 2 is 1.00 bits per heavy atom. The van der Waals surface area contributed by atoms with Crippen molar-refractivity contribution >= 4 is 0 Å². The lowest BCUT2D eigenvalue weighted by Gasteiger charge is -2.37. The number of fused-ring (bicyclic) bond motifs is 1. The van der Waals surface area contributed by atoms with E-state index in [4.69, 9.17) is 14.2 Å². The number of benzene rings is 3. The average Bonchev–Trinajstić information content (AvgIpc) is 3.61. The minimum absolute atomic E-state index is 0.00144. The molecule has 2 fully saturated rings. The third kappa shape index (κ3) is 5.23. The Kier molecular flexibility index (Phi) is 6.42. The Morgan fingerprint density at radius 3 is 1.52 bits per heavy atom. The summed E-state index contributed by atoms with van der Waals surface area (Å²) in [5.74, 6) is 0. The van der Waals surface area contributed by atoms with Gasteiger partial charge >= 0.3 is 0 Å². The first kappa shape index (κ1) is 20.4. The van der Waals surface area contributed by atoms with Crippen LogP contribution in [-0.4, -0.2) is 42.3 Å². The first-order valence-corrected chi connectivity index (χ1v) is 11.1. The molecule has 5 rings (SSSR count). The monoisotopic (exact) mass is 415 g/mol. The number of hydrogen-bond donors (Lipinski definition) is 0. The van der Waals surface area contributed by atoms with E-state index in [1.165, 1.54) is 16.7 Å². The van der Waals surface area contributed by atoms with Crippen LogP contribution in [-0.2, 0) is 34.0 Å². The Hall–Kier alpha value is -2.50. The molecule has 4 heteroatoms. The van der Waals surface area contributed by atoms with E-state index in [1.54, 1.807) is 0 Å². The Labute approximate surface area is 184 Å². The van der Waals surface area contributed by atoms with Crippen LogP contribution in [0.5, 0.6) is 0 Å². The molecule has 0 aromatic heterocycles. The molecule has 0 N–H and O–H groups in total. The third-order valence-corrected chi connectivity index (χ3v) is 6.12. The third-order valence-electron chi connectivity index (χ3n) is 6.12. The number of ether oxygens (including phenoxy) is 3. The first-order chi connectivity index (χ1) is 15.4. The predicted octanol–water partition coefficient (Wildman–Crippen LogP) is 4.44. The van der Waals surface area contributed by atoms with Crippen LogP contribution in [0.2, 0.25) is 0 Å². The molecule has 0 saturated carbocycles. The van der Waals surface area contributed by atoms with Gasteiger partial charge in [0.05, 0.1) is 32.0 Å². The minimum atomic E-state index is -0.101. The number of hydrogen-bond acceptors (Lipinski definition) is 4. The molecular formula is C27H29NO3. The van der Waals surface area contributed by atoms with Gasteiger partial charge in [0.25, 0.3) is 0 Å². The molecule has 2 aliphatic rings. The fraction of sp³-hybridized carbons (Fsp3) is 0.333. The largest absolute Gasteiger partial charge is 0.369 e. The molecule has 2 aliphatic heterocycles. The SMILES string of the molecule is c1ccc(COC2CN3CC3[C@H](OCc3ccccc3)C2OCc2ccccc2)cc1. The molecule has 0 bridgehead atoms. The maximum atomic E-state index is 6.49. The molecule has 3 aromatic carbocycles. The van der Waals surface area contributed by atoms with Gasteiger partial charge in [0.2, 0.25) is 0 Å². The van der Waals surface area contributed by atoms with Crippen molar-refractivity contribution in [3.05, 3.63) is 108 Å². The molecule has 31 heavy (non-hydrogen) atoms. The molecule has 2 saturated heterocycles. The van der Waals surface area contributed by atoms with Gasteiger partial charge in [0.15, 0.2) is 0 Å². The van der Waals surface area contributed by atoms with Gasteiger partial charge in [0.1, 0.15) is 12.2 Å². The predicted molar refractivity (Wildman–Crippen MR) is 120 cm³/mol. The molecule has 160 valence electrons. The van der Waals surface area contributed by atoms with E-state index in [1.807, 2.05) is 18.2 Å². The van der Waals surface area contributed by atoms with E-state index < -0.39 is 0 Å². The van der Waals surface area contributed by atoms with E-state index in [0.717, 1.165) is 13.1 Å². The summed E-state index contributed by atoms with van der Waals surface area (Å²) in [7, 11) is 0. The fourth-order valence-corrected chi connectivity index (χ4v) is 4.35. The summed E-state index contributed by atoms with van der Waals surface area (Å²) >= 11 is 0. The van der Waals surface area contributed by atoms with Gasteiger partial charge in [-0.2, -0.15) is 0 Å². The smallest absolute Gasteiger partial charge is 0.113 e. The fourth-order valence-electron chi connectivity index (χ4n) is 4.35. The summed E-state index contributed by atoms with van der Waals surface area (Å²) in [6.07, 6.45) is -0.127. The zero-order chi connectivity index (χ0) is 20.9. The van der Waals surface area contributed by atoms with Gasteiger partial charge in [-0.25, -0.2) is 0 Å². The van der Waals surface area contributed by atoms with Gasteiger partial charge in [-0.3, -0.25) is 4.90 Å². The van der Waals surface area contributed by atoms with Gasteiger partial charge in [-0.15, -0.1) is 0 Å². The molecule has 2 heterocycles.